The van der Waals surface area contributed by atoms with Crippen molar-refractivity contribution < 1.29 is 9.72 Å². The van der Waals surface area contributed by atoms with Crippen LogP contribution in [0, 0.1) is 24.0 Å². The van der Waals surface area contributed by atoms with Crippen LogP contribution in [0.4, 0.5) is 5.69 Å². The highest BCUT2D eigenvalue weighted by Crippen LogP contribution is 2.26. The first kappa shape index (κ1) is 14.2. The summed E-state index contributed by atoms with van der Waals surface area (Å²) < 4.78 is 1.56. The lowest BCUT2D eigenvalue weighted by atomic mass is 10.1. The number of hydrogen-bond acceptors (Lipinski definition) is 4. The van der Waals surface area contributed by atoms with Crippen LogP contribution in [-0.2, 0) is 0 Å². The van der Waals surface area contributed by atoms with Gasteiger partial charge in [0.1, 0.15) is 0 Å². The average molecular weight is 294 g/mol. The molecule has 1 aromatic carbocycles. The van der Waals surface area contributed by atoms with Crippen LogP contribution >= 0.6 is 11.6 Å². The normalized spacial score (nSPS) is 10.6. The van der Waals surface area contributed by atoms with E-state index < -0.39 is 4.92 Å². The molecule has 2 rings (SSSR count). The minimum absolute atomic E-state index is 0.0520. The zero-order chi connectivity index (χ0) is 15.0. The number of nitrogens with zero attached hydrogens (tertiary/aromatic N) is 3. The van der Waals surface area contributed by atoms with E-state index in [9.17, 15) is 14.9 Å². The molecule has 0 spiro atoms. The Morgan fingerprint density at radius 1 is 1.40 bits per heavy atom. The molecule has 0 N–H and O–H groups in total. The summed E-state index contributed by atoms with van der Waals surface area (Å²) in [6, 6.07) is 4.30. The number of ketones is 1. The van der Waals surface area contributed by atoms with E-state index in [0.29, 0.717) is 22.1 Å². The Morgan fingerprint density at radius 3 is 2.50 bits per heavy atom. The second-order valence-corrected chi connectivity index (χ2v) is 4.79. The summed E-state index contributed by atoms with van der Waals surface area (Å²) >= 11 is 6.07. The number of aromatic nitrogens is 2. The van der Waals surface area contributed by atoms with Crippen molar-refractivity contribution >= 4 is 23.1 Å². The summed E-state index contributed by atoms with van der Waals surface area (Å²) in [5, 5.41) is 15.7. The number of aryl methyl sites for hydroxylation is 1. The number of halogens is 1. The van der Waals surface area contributed by atoms with Crippen LogP contribution in [0.25, 0.3) is 5.69 Å². The molecule has 0 unspecified atom stereocenters. The van der Waals surface area contributed by atoms with Crippen molar-refractivity contribution in [2.45, 2.75) is 20.8 Å². The fourth-order valence-electron chi connectivity index (χ4n) is 1.97. The topological polar surface area (TPSA) is 78.0 Å². The average Bonchev–Trinajstić information content (AvgIpc) is 2.65. The van der Waals surface area contributed by atoms with Gasteiger partial charge < -0.3 is 0 Å². The molecule has 0 aliphatic rings. The van der Waals surface area contributed by atoms with E-state index in [2.05, 4.69) is 5.10 Å². The summed E-state index contributed by atoms with van der Waals surface area (Å²) in [6.45, 7) is 4.85. The van der Waals surface area contributed by atoms with Gasteiger partial charge in [0.25, 0.3) is 5.69 Å². The predicted octanol–water partition coefficient (Wildman–Crippen LogP) is 3.25. The maximum Gasteiger partial charge on any atom is 0.280 e. The fraction of sp³-hybridized carbons (Fsp3) is 0.231. The SMILES string of the molecule is CC(=O)c1cc(-n2nc(C)c(Cl)c2C)ccc1[N+](=O)[O-]. The second-order valence-electron chi connectivity index (χ2n) is 4.41. The van der Waals surface area contributed by atoms with Crippen molar-refractivity contribution in [2.75, 3.05) is 0 Å². The Bertz CT molecular complexity index is 722. The summed E-state index contributed by atoms with van der Waals surface area (Å²) in [5.41, 5.74) is 1.78. The number of hydrogen-bond donors (Lipinski definition) is 0. The van der Waals surface area contributed by atoms with Crippen molar-refractivity contribution in [3.05, 3.63) is 50.3 Å². The van der Waals surface area contributed by atoms with E-state index in [0.717, 1.165) is 0 Å². The maximum absolute atomic E-state index is 11.6. The van der Waals surface area contributed by atoms with Gasteiger partial charge in [0, 0.05) is 6.07 Å². The Balaban J connectivity index is 2.65. The molecular formula is C13H12ClN3O3. The highest BCUT2D eigenvalue weighted by molar-refractivity contribution is 6.31. The van der Waals surface area contributed by atoms with Crippen LogP contribution < -0.4 is 0 Å². The summed E-state index contributed by atoms with van der Waals surface area (Å²) in [7, 11) is 0. The third kappa shape index (κ3) is 2.30. The molecule has 0 aliphatic heterocycles. The Labute approximate surface area is 120 Å². The Kier molecular flexibility index (Phi) is 3.59. The van der Waals surface area contributed by atoms with Gasteiger partial charge >= 0.3 is 0 Å². The second kappa shape index (κ2) is 5.05. The van der Waals surface area contributed by atoms with Gasteiger partial charge in [-0.1, -0.05) is 11.6 Å². The van der Waals surface area contributed by atoms with Crippen molar-refractivity contribution in [3.63, 3.8) is 0 Å². The number of Topliss-reactive ketones (excluding diaryl/α,β-unsaturated/α-hetero) is 1. The van der Waals surface area contributed by atoms with Gasteiger partial charge in [-0.2, -0.15) is 5.10 Å². The van der Waals surface area contributed by atoms with Gasteiger partial charge in [-0.15, -0.1) is 0 Å². The van der Waals surface area contributed by atoms with Crippen LogP contribution in [0.5, 0.6) is 0 Å². The van der Waals surface area contributed by atoms with E-state index in [-0.39, 0.29) is 17.0 Å². The van der Waals surface area contributed by atoms with Gasteiger partial charge in [0.2, 0.25) is 0 Å². The number of nitro groups is 1. The smallest absolute Gasteiger partial charge is 0.280 e. The third-order valence-electron chi connectivity index (χ3n) is 3.00. The minimum atomic E-state index is -0.575. The quantitative estimate of drug-likeness (QED) is 0.494. The van der Waals surface area contributed by atoms with E-state index in [1.807, 2.05) is 0 Å². The van der Waals surface area contributed by atoms with Crippen molar-refractivity contribution in [1.29, 1.82) is 0 Å². The predicted molar refractivity (Wildman–Crippen MR) is 74.7 cm³/mol. The molecule has 0 bridgehead atoms. The highest BCUT2D eigenvalue weighted by atomic mass is 35.5. The van der Waals surface area contributed by atoms with Gasteiger partial charge in [0.15, 0.2) is 5.78 Å². The summed E-state index contributed by atoms with van der Waals surface area (Å²) in [4.78, 5) is 21.9. The van der Waals surface area contributed by atoms with Crippen LogP contribution in [0.3, 0.4) is 0 Å². The first-order valence-corrected chi connectivity index (χ1v) is 6.22. The van der Waals surface area contributed by atoms with Crippen LogP contribution in [-0.4, -0.2) is 20.5 Å². The molecule has 0 radical (unpaired) electrons. The molecule has 104 valence electrons. The monoisotopic (exact) mass is 293 g/mol. The Morgan fingerprint density at radius 2 is 2.05 bits per heavy atom. The van der Waals surface area contributed by atoms with Gasteiger partial charge in [-0.25, -0.2) is 4.68 Å². The molecule has 1 aromatic heterocycles. The van der Waals surface area contributed by atoms with Gasteiger partial charge in [0.05, 0.1) is 32.6 Å². The summed E-state index contributed by atoms with van der Waals surface area (Å²) in [5.74, 6) is -0.369. The number of carbonyl (C=O) groups is 1. The van der Waals surface area contributed by atoms with Crippen LogP contribution in [0.15, 0.2) is 18.2 Å². The molecule has 0 fully saturated rings. The molecule has 7 heteroatoms. The van der Waals surface area contributed by atoms with E-state index in [1.54, 1.807) is 24.6 Å². The molecule has 6 nitrogen and oxygen atoms in total. The molecule has 20 heavy (non-hydrogen) atoms. The molecule has 2 aromatic rings. The van der Waals surface area contributed by atoms with Crippen molar-refractivity contribution in [3.8, 4) is 5.69 Å². The van der Waals surface area contributed by atoms with Crippen molar-refractivity contribution in [1.82, 2.24) is 9.78 Å². The fourth-order valence-corrected chi connectivity index (χ4v) is 2.09. The largest absolute Gasteiger partial charge is 0.294 e. The molecule has 0 saturated carbocycles. The number of carbonyl (C=O) groups excluding carboxylic acids is 1. The number of benzene rings is 1. The number of nitro benzene ring substituents is 1. The van der Waals surface area contributed by atoms with Crippen LogP contribution in [0.2, 0.25) is 5.02 Å². The van der Waals surface area contributed by atoms with E-state index in [4.69, 9.17) is 11.6 Å². The first-order chi connectivity index (χ1) is 9.32. The molecule has 0 amide bonds. The summed E-state index contributed by atoms with van der Waals surface area (Å²) in [6.07, 6.45) is 0. The van der Waals surface area contributed by atoms with E-state index >= 15 is 0 Å². The lowest BCUT2D eigenvalue weighted by molar-refractivity contribution is -0.385. The minimum Gasteiger partial charge on any atom is -0.294 e. The van der Waals surface area contributed by atoms with E-state index in [1.165, 1.54) is 19.1 Å². The molecular weight excluding hydrogens is 282 g/mol. The molecule has 0 atom stereocenters. The Hall–Kier alpha value is -2.21. The standard InChI is InChI=1S/C13H12ClN3O3/c1-7-13(14)8(2)16(15-7)10-4-5-12(17(19)20)11(6-10)9(3)18/h4-6H,1-3H3. The number of rotatable bonds is 3. The third-order valence-corrected chi connectivity index (χ3v) is 3.55. The molecule has 0 aliphatic carbocycles. The first-order valence-electron chi connectivity index (χ1n) is 5.84. The zero-order valence-corrected chi connectivity index (χ0v) is 11.9. The highest BCUT2D eigenvalue weighted by Gasteiger charge is 2.19. The molecule has 1 heterocycles. The lowest BCUT2D eigenvalue weighted by Crippen LogP contribution is -2.05. The lowest BCUT2D eigenvalue weighted by Gasteiger charge is -2.06. The van der Waals surface area contributed by atoms with Crippen molar-refractivity contribution in [2.24, 2.45) is 0 Å². The van der Waals surface area contributed by atoms with Crippen LogP contribution in [0.1, 0.15) is 28.7 Å². The molecule has 0 saturated heterocycles. The zero-order valence-electron chi connectivity index (χ0n) is 11.2. The van der Waals surface area contributed by atoms with Gasteiger partial charge in [-0.3, -0.25) is 14.9 Å². The maximum atomic E-state index is 11.6. The van der Waals surface area contributed by atoms with Gasteiger partial charge in [-0.05, 0) is 32.9 Å².